The predicted molar refractivity (Wildman–Crippen MR) is 107 cm³/mol. The van der Waals surface area contributed by atoms with Gasteiger partial charge in [0.05, 0.1) is 19.6 Å². The van der Waals surface area contributed by atoms with E-state index in [1.165, 1.54) is 7.11 Å². The zero-order chi connectivity index (χ0) is 20.9. The minimum absolute atomic E-state index is 0.0427. The van der Waals surface area contributed by atoms with Gasteiger partial charge in [0.2, 0.25) is 0 Å². The molecule has 0 aliphatic carbocycles. The second-order valence-corrected chi connectivity index (χ2v) is 7.57. The summed E-state index contributed by atoms with van der Waals surface area (Å²) in [6.45, 7) is 7.21. The Morgan fingerprint density at radius 2 is 1.82 bits per heavy atom. The second-order valence-electron chi connectivity index (χ2n) is 7.57. The van der Waals surface area contributed by atoms with Crippen LogP contribution in [-0.2, 0) is 14.3 Å². The molecular weight excluding hydrogens is 358 g/mol. The predicted octanol–water partition coefficient (Wildman–Crippen LogP) is 4.50. The Morgan fingerprint density at radius 3 is 2.43 bits per heavy atom. The number of amides is 1. The first kappa shape index (κ1) is 21.3. The number of carbonyl (C=O) groups is 2. The Hall–Kier alpha value is -3.02. The molecule has 0 bridgehead atoms. The number of hydrogen-bond acceptors (Lipinski definition) is 5. The van der Waals surface area contributed by atoms with Gasteiger partial charge in [0, 0.05) is 5.56 Å². The third-order valence-corrected chi connectivity index (χ3v) is 4.12. The Balaban J connectivity index is 2.38. The molecule has 1 amide bonds. The molecule has 0 unspecified atom stereocenters. The number of rotatable bonds is 5. The van der Waals surface area contributed by atoms with E-state index in [1.54, 1.807) is 32.9 Å². The number of hydrogen-bond donors (Lipinski definition) is 2. The molecule has 0 radical (unpaired) electrons. The number of benzene rings is 2. The number of nitrogens with one attached hydrogen (secondary N) is 1. The zero-order valence-corrected chi connectivity index (χ0v) is 16.9. The van der Waals surface area contributed by atoms with Gasteiger partial charge in [0.1, 0.15) is 11.4 Å². The molecule has 0 spiro atoms. The number of ether oxygens (including phenoxy) is 2. The number of aryl methyl sites for hydroxylation is 1. The van der Waals surface area contributed by atoms with E-state index in [9.17, 15) is 14.7 Å². The number of phenolic OH excluding ortho intramolecular Hbond substituents is 1. The van der Waals surface area contributed by atoms with Crippen LogP contribution in [0.3, 0.4) is 0 Å². The van der Waals surface area contributed by atoms with Crippen molar-refractivity contribution in [2.45, 2.75) is 45.8 Å². The lowest BCUT2D eigenvalue weighted by molar-refractivity contribution is -0.141. The largest absolute Gasteiger partial charge is 0.507 e. The molecule has 0 fully saturated rings. The van der Waals surface area contributed by atoms with Gasteiger partial charge in [-0.15, -0.1) is 0 Å². The highest BCUT2D eigenvalue weighted by atomic mass is 16.6. The van der Waals surface area contributed by atoms with E-state index in [0.29, 0.717) is 11.1 Å². The smallest absolute Gasteiger partial charge is 0.408 e. The number of phenols is 1. The van der Waals surface area contributed by atoms with Gasteiger partial charge >= 0.3 is 12.1 Å². The van der Waals surface area contributed by atoms with E-state index in [2.05, 4.69) is 5.32 Å². The van der Waals surface area contributed by atoms with Gasteiger partial charge in [0.25, 0.3) is 0 Å². The molecule has 0 aliphatic rings. The van der Waals surface area contributed by atoms with Crippen LogP contribution in [0, 0.1) is 6.92 Å². The van der Waals surface area contributed by atoms with Gasteiger partial charge < -0.3 is 19.9 Å². The summed E-state index contributed by atoms with van der Waals surface area (Å²) in [5, 5.41) is 13.0. The van der Waals surface area contributed by atoms with Gasteiger partial charge in [-0.2, -0.15) is 0 Å². The van der Waals surface area contributed by atoms with Gasteiger partial charge in [-0.3, -0.25) is 4.79 Å². The normalized spacial score (nSPS) is 12.2. The summed E-state index contributed by atoms with van der Waals surface area (Å²) in [4.78, 5) is 24.1. The van der Waals surface area contributed by atoms with Crippen molar-refractivity contribution < 1.29 is 24.2 Å². The maximum absolute atomic E-state index is 12.2. The number of methoxy groups -OCH3 is 1. The second kappa shape index (κ2) is 8.78. The third kappa shape index (κ3) is 5.74. The molecule has 0 heterocycles. The highest BCUT2D eigenvalue weighted by Crippen LogP contribution is 2.34. The Bertz CT molecular complexity index is 834. The number of aromatic hydroxyl groups is 1. The van der Waals surface area contributed by atoms with Crippen LogP contribution in [0.2, 0.25) is 0 Å². The summed E-state index contributed by atoms with van der Waals surface area (Å²) in [5.74, 6) is -0.285. The molecular formula is C22H27NO5. The average Bonchev–Trinajstić information content (AvgIpc) is 2.59. The molecule has 0 saturated carbocycles. The SMILES string of the molecule is COC(=O)C[C@H](NC(=O)OC(C)(C)C)c1cccc(-c2c(C)cccc2O)c1. The highest BCUT2D eigenvalue weighted by Gasteiger charge is 2.23. The van der Waals surface area contributed by atoms with Crippen molar-refractivity contribution in [2.24, 2.45) is 0 Å². The monoisotopic (exact) mass is 385 g/mol. The van der Waals surface area contributed by atoms with Crippen molar-refractivity contribution in [3.8, 4) is 16.9 Å². The van der Waals surface area contributed by atoms with Crippen LogP contribution in [0.1, 0.15) is 44.4 Å². The quantitative estimate of drug-likeness (QED) is 0.741. The molecule has 6 nitrogen and oxygen atoms in total. The molecule has 6 heteroatoms. The van der Waals surface area contributed by atoms with Crippen molar-refractivity contribution in [2.75, 3.05) is 7.11 Å². The van der Waals surface area contributed by atoms with Gasteiger partial charge in [0.15, 0.2) is 0 Å². The summed E-state index contributed by atoms with van der Waals surface area (Å²) < 4.78 is 10.1. The van der Waals surface area contributed by atoms with E-state index in [0.717, 1.165) is 11.1 Å². The molecule has 2 rings (SSSR count). The van der Waals surface area contributed by atoms with E-state index in [-0.39, 0.29) is 12.2 Å². The lowest BCUT2D eigenvalue weighted by Gasteiger charge is -2.24. The van der Waals surface area contributed by atoms with E-state index in [4.69, 9.17) is 9.47 Å². The maximum Gasteiger partial charge on any atom is 0.408 e. The topological polar surface area (TPSA) is 84.9 Å². The van der Waals surface area contributed by atoms with Crippen molar-refractivity contribution in [3.63, 3.8) is 0 Å². The van der Waals surface area contributed by atoms with Gasteiger partial charge in [-0.05, 0) is 56.5 Å². The van der Waals surface area contributed by atoms with Crippen LogP contribution in [0.5, 0.6) is 5.75 Å². The first-order chi connectivity index (χ1) is 13.1. The Morgan fingerprint density at radius 1 is 1.14 bits per heavy atom. The van der Waals surface area contributed by atoms with Gasteiger partial charge in [-0.1, -0.05) is 30.3 Å². The zero-order valence-electron chi connectivity index (χ0n) is 16.9. The Kier molecular flexibility index (Phi) is 6.67. The minimum Gasteiger partial charge on any atom is -0.507 e. The third-order valence-electron chi connectivity index (χ3n) is 4.12. The van der Waals surface area contributed by atoms with Crippen molar-refractivity contribution >= 4 is 12.1 Å². The van der Waals surface area contributed by atoms with Crippen molar-refractivity contribution in [1.29, 1.82) is 0 Å². The summed E-state index contributed by atoms with van der Waals surface area (Å²) in [6, 6.07) is 12.0. The van der Waals surface area contributed by atoms with E-state index in [1.807, 2.05) is 37.3 Å². The lowest BCUT2D eigenvalue weighted by Crippen LogP contribution is -2.36. The minimum atomic E-state index is -0.658. The fourth-order valence-electron chi connectivity index (χ4n) is 2.89. The number of carbonyl (C=O) groups excluding carboxylic acids is 2. The molecule has 0 saturated heterocycles. The van der Waals surface area contributed by atoms with E-state index < -0.39 is 23.7 Å². The summed E-state index contributed by atoms with van der Waals surface area (Å²) in [5.41, 5.74) is 2.46. The van der Waals surface area contributed by atoms with Crippen LogP contribution in [0.4, 0.5) is 4.79 Å². The van der Waals surface area contributed by atoms with Crippen molar-refractivity contribution in [3.05, 3.63) is 53.6 Å². The van der Waals surface area contributed by atoms with Crippen LogP contribution >= 0.6 is 0 Å². The standard InChI is InChI=1S/C22H27NO5/c1-14-8-6-11-18(24)20(14)16-10-7-9-15(12-16)17(13-19(25)27-5)23-21(26)28-22(2,3)4/h6-12,17,24H,13H2,1-5H3,(H,23,26)/t17-/m0/s1. The molecule has 1 atom stereocenters. The number of esters is 1. The molecule has 150 valence electrons. The number of alkyl carbamates (subject to hydrolysis) is 1. The first-order valence-electron chi connectivity index (χ1n) is 9.06. The van der Waals surface area contributed by atoms with Crippen molar-refractivity contribution in [1.82, 2.24) is 5.32 Å². The van der Waals surface area contributed by atoms with E-state index >= 15 is 0 Å². The maximum atomic E-state index is 12.2. The van der Waals surface area contributed by atoms with Crippen LogP contribution in [0.25, 0.3) is 11.1 Å². The molecule has 2 aromatic rings. The Labute approximate surface area is 165 Å². The fourth-order valence-corrected chi connectivity index (χ4v) is 2.89. The van der Waals surface area contributed by atoms with Gasteiger partial charge in [-0.25, -0.2) is 4.79 Å². The first-order valence-corrected chi connectivity index (χ1v) is 9.06. The molecule has 2 N–H and O–H groups in total. The van der Waals surface area contributed by atoms with Crippen LogP contribution < -0.4 is 5.32 Å². The summed E-state index contributed by atoms with van der Waals surface area (Å²) >= 11 is 0. The molecule has 0 aliphatic heterocycles. The molecule has 0 aromatic heterocycles. The highest BCUT2D eigenvalue weighted by molar-refractivity contribution is 5.76. The van der Waals surface area contributed by atoms with Crippen LogP contribution in [-0.4, -0.2) is 29.9 Å². The molecule has 28 heavy (non-hydrogen) atoms. The molecule has 2 aromatic carbocycles. The lowest BCUT2D eigenvalue weighted by atomic mass is 9.95. The fraction of sp³-hybridized carbons (Fsp3) is 0.364. The summed E-state index contributed by atoms with van der Waals surface area (Å²) in [6.07, 6.45) is -0.663. The summed E-state index contributed by atoms with van der Waals surface area (Å²) in [7, 11) is 1.30. The van der Waals surface area contributed by atoms with Crippen LogP contribution in [0.15, 0.2) is 42.5 Å². The average molecular weight is 385 g/mol.